The molecule has 0 fully saturated rings. The molecule has 1 heterocycles. The van der Waals surface area contributed by atoms with Gasteiger partial charge in [-0.25, -0.2) is 4.98 Å². The molecule has 0 aliphatic heterocycles. The molecule has 0 aliphatic carbocycles. The molecule has 1 aromatic heterocycles. The van der Waals surface area contributed by atoms with Gasteiger partial charge in [0.15, 0.2) is 5.82 Å². The molecule has 4 nitrogen and oxygen atoms in total. The number of nitrogens with one attached hydrogen (secondary N) is 1. The molecule has 0 spiro atoms. The molecule has 0 radical (unpaired) electrons. The van der Waals surface area contributed by atoms with E-state index in [1.807, 2.05) is 14.0 Å². The molecule has 0 aliphatic rings. The Kier molecular flexibility index (Phi) is 4.80. The van der Waals surface area contributed by atoms with Crippen molar-refractivity contribution < 1.29 is 0 Å². The Labute approximate surface area is 102 Å². The molecule has 16 heavy (non-hydrogen) atoms. The smallest absolute Gasteiger partial charge is 0.224 e. The summed E-state index contributed by atoms with van der Waals surface area (Å²) in [7, 11) is 1.99. The standard InChI is InChI=1S/C11H19ClN4/c1-5-13-11-14-6-9(12)10(15-11)16(4)7-8(2)3/h6,8H,5,7H2,1-4H3,(H,13,14,15). The maximum absolute atomic E-state index is 6.08. The van der Waals surface area contributed by atoms with Crippen molar-refractivity contribution >= 4 is 23.4 Å². The highest BCUT2D eigenvalue weighted by Gasteiger charge is 2.11. The van der Waals surface area contributed by atoms with Crippen LogP contribution in [0, 0.1) is 5.92 Å². The van der Waals surface area contributed by atoms with Crippen LogP contribution in [0.2, 0.25) is 5.02 Å². The van der Waals surface area contributed by atoms with Crippen LogP contribution < -0.4 is 10.2 Å². The second-order valence-corrected chi connectivity index (χ2v) is 4.58. The van der Waals surface area contributed by atoms with Crippen LogP contribution in [0.1, 0.15) is 20.8 Å². The van der Waals surface area contributed by atoms with Gasteiger partial charge in [-0.15, -0.1) is 0 Å². The first kappa shape index (κ1) is 13.0. The lowest BCUT2D eigenvalue weighted by Crippen LogP contribution is -2.24. The minimum atomic E-state index is 0.568. The summed E-state index contributed by atoms with van der Waals surface area (Å²) in [5.41, 5.74) is 0. The third kappa shape index (κ3) is 3.52. The Morgan fingerprint density at radius 3 is 2.75 bits per heavy atom. The average Bonchev–Trinajstić information content (AvgIpc) is 2.20. The molecule has 0 unspecified atom stereocenters. The number of hydrogen-bond acceptors (Lipinski definition) is 4. The minimum absolute atomic E-state index is 0.568. The van der Waals surface area contributed by atoms with Crippen molar-refractivity contribution in [2.24, 2.45) is 5.92 Å². The number of anilines is 2. The van der Waals surface area contributed by atoms with Gasteiger partial charge in [-0.1, -0.05) is 25.4 Å². The zero-order valence-corrected chi connectivity index (χ0v) is 11.0. The lowest BCUT2D eigenvalue weighted by Gasteiger charge is -2.21. The van der Waals surface area contributed by atoms with Gasteiger partial charge in [-0.3, -0.25) is 0 Å². The Hall–Kier alpha value is -1.03. The second-order valence-electron chi connectivity index (χ2n) is 4.17. The largest absolute Gasteiger partial charge is 0.358 e. The lowest BCUT2D eigenvalue weighted by atomic mass is 10.2. The van der Waals surface area contributed by atoms with Gasteiger partial charge in [-0.05, 0) is 12.8 Å². The average molecular weight is 243 g/mol. The maximum Gasteiger partial charge on any atom is 0.224 e. The summed E-state index contributed by atoms with van der Waals surface area (Å²) in [6.07, 6.45) is 1.64. The monoisotopic (exact) mass is 242 g/mol. The molecule has 0 atom stereocenters. The fourth-order valence-electron chi connectivity index (χ4n) is 1.50. The van der Waals surface area contributed by atoms with Gasteiger partial charge in [-0.2, -0.15) is 4.98 Å². The molecule has 1 rings (SSSR count). The molecule has 0 bridgehead atoms. The summed E-state index contributed by atoms with van der Waals surface area (Å²) in [5, 5.41) is 3.66. The van der Waals surface area contributed by atoms with Crippen molar-refractivity contribution in [3.05, 3.63) is 11.2 Å². The first-order chi connectivity index (χ1) is 7.54. The highest BCUT2D eigenvalue weighted by atomic mass is 35.5. The SMILES string of the molecule is CCNc1ncc(Cl)c(N(C)CC(C)C)n1. The molecular formula is C11H19ClN4. The van der Waals surface area contributed by atoms with Crippen LogP contribution in [0.4, 0.5) is 11.8 Å². The number of halogens is 1. The minimum Gasteiger partial charge on any atom is -0.358 e. The van der Waals surface area contributed by atoms with Crippen molar-refractivity contribution in [3.63, 3.8) is 0 Å². The van der Waals surface area contributed by atoms with Crippen LogP contribution in [0.15, 0.2) is 6.20 Å². The first-order valence-corrected chi connectivity index (χ1v) is 5.90. The summed E-state index contributed by atoms with van der Waals surface area (Å²) in [6, 6.07) is 0. The molecule has 1 N–H and O–H groups in total. The maximum atomic E-state index is 6.08. The summed E-state index contributed by atoms with van der Waals surface area (Å²) >= 11 is 6.08. The van der Waals surface area contributed by atoms with Crippen molar-refractivity contribution in [2.45, 2.75) is 20.8 Å². The van der Waals surface area contributed by atoms with Crippen LogP contribution >= 0.6 is 11.6 Å². The third-order valence-electron chi connectivity index (χ3n) is 2.06. The van der Waals surface area contributed by atoms with Gasteiger partial charge < -0.3 is 10.2 Å². The predicted octanol–water partition coefficient (Wildman–Crippen LogP) is 2.65. The van der Waals surface area contributed by atoms with Gasteiger partial charge in [0.1, 0.15) is 5.02 Å². The molecule has 0 saturated carbocycles. The van der Waals surface area contributed by atoms with E-state index in [9.17, 15) is 0 Å². The summed E-state index contributed by atoms with van der Waals surface area (Å²) < 4.78 is 0. The quantitative estimate of drug-likeness (QED) is 0.862. The number of aromatic nitrogens is 2. The molecule has 0 aromatic carbocycles. The van der Waals surface area contributed by atoms with E-state index in [1.54, 1.807) is 6.20 Å². The van der Waals surface area contributed by atoms with E-state index >= 15 is 0 Å². The molecule has 5 heteroatoms. The molecule has 0 saturated heterocycles. The number of nitrogens with zero attached hydrogens (tertiary/aromatic N) is 3. The lowest BCUT2D eigenvalue weighted by molar-refractivity contribution is 0.634. The van der Waals surface area contributed by atoms with Crippen LogP contribution in [-0.4, -0.2) is 30.1 Å². The molecule has 90 valence electrons. The van der Waals surface area contributed by atoms with Crippen molar-refractivity contribution in [2.75, 3.05) is 30.4 Å². The van der Waals surface area contributed by atoms with Gasteiger partial charge in [0.25, 0.3) is 0 Å². The second kappa shape index (κ2) is 5.89. The normalized spacial score (nSPS) is 10.6. The topological polar surface area (TPSA) is 41.1 Å². The van der Waals surface area contributed by atoms with Gasteiger partial charge in [0, 0.05) is 20.1 Å². The third-order valence-corrected chi connectivity index (χ3v) is 2.33. The zero-order chi connectivity index (χ0) is 12.1. The van der Waals surface area contributed by atoms with E-state index in [0.717, 1.165) is 18.9 Å². The van der Waals surface area contributed by atoms with Crippen LogP contribution in [0.25, 0.3) is 0 Å². The van der Waals surface area contributed by atoms with Crippen molar-refractivity contribution in [3.8, 4) is 0 Å². The van der Waals surface area contributed by atoms with E-state index in [-0.39, 0.29) is 0 Å². The summed E-state index contributed by atoms with van der Waals surface area (Å²) in [6.45, 7) is 8.06. The molecular weight excluding hydrogens is 224 g/mol. The van der Waals surface area contributed by atoms with Crippen LogP contribution in [0.3, 0.4) is 0 Å². The molecule has 0 amide bonds. The van der Waals surface area contributed by atoms with Crippen molar-refractivity contribution in [1.82, 2.24) is 9.97 Å². The van der Waals surface area contributed by atoms with Gasteiger partial charge in [0.05, 0.1) is 6.20 Å². The van der Waals surface area contributed by atoms with E-state index in [4.69, 9.17) is 11.6 Å². The van der Waals surface area contributed by atoms with E-state index in [1.165, 1.54) is 0 Å². The van der Waals surface area contributed by atoms with E-state index < -0.39 is 0 Å². The van der Waals surface area contributed by atoms with Crippen LogP contribution in [-0.2, 0) is 0 Å². The Morgan fingerprint density at radius 2 is 2.19 bits per heavy atom. The first-order valence-electron chi connectivity index (χ1n) is 5.52. The summed E-state index contributed by atoms with van der Waals surface area (Å²) in [4.78, 5) is 10.5. The summed E-state index contributed by atoms with van der Waals surface area (Å²) in [5.74, 6) is 1.97. The van der Waals surface area contributed by atoms with Crippen LogP contribution in [0.5, 0.6) is 0 Å². The molecule has 1 aromatic rings. The fourth-order valence-corrected chi connectivity index (χ4v) is 1.74. The zero-order valence-electron chi connectivity index (χ0n) is 10.3. The Bertz CT molecular complexity index is 341. The fraction of sp³-hybridized carbons (Fsp3) is 0.636. The Balaban J connectivity index is 2.88. The van der Waals surface area contributed by atoms with Gasteiger partial charge >= 0.3 is 0 Å². The number of hydrogen-bond donors (Lipinski definition) is 1. The number of rotatable bonds is 5. The van der Waals surface area contributed by atoms with E-state index in [0.29, 0.717) is 16.9 Å². The highest BCUT2D eigenvalue weighted by Crippen LogP contribution is 2.23. The Morgan fingerprint density at radius 1 is 1.50 bits per heavy atom. The van der Waals surface area contributed by atoms with Gasteiger partial charge in [0.2, 0.25) is 5.95 Å². The van der Waals surface area contributed by atoms with Crippen molar-refractivity contribution in [1.29, 1.82) is 0 Å². The highest BCUT2D eigenvalue weighted by molar-refractivity contribution is 6.32. The predicted molar refractivity (Wildman–Crippen MR) is 69.3 cm³/mol. The van der Waals surface area contributed by atoms with E-state index in [2.05, 4.69) is 34.0 Å².